The molecule has 1 saturated heterocycles. The summed E-state index contributed by atoms with van der Waals surface area (Å²) in [6.07, 6.45) is 50.8. The molecular weight excluding hydrogens is 781 g/mol. The Morgan fingerprint density at radius 3 is 1.48 bits per heavy atom. The molecule has 1 rings (SSSR count). The molecule has 6 unspecified atom stereocenters. The van der Waals surface area contributed by atoms with Crippen LogP contribution in [0.1, 0.15) is 194 Å². The zero-order valence-corrected chi connectivity index (χ0v) is 39.3. The fourth-order valence-corrected chi connectivity index (χ4v) is 7.23. The number of aliphatic hydroxyl groups is 4. The largest absolute Gasteiger partial charge is 0.457 e. The Kier molecular flexibility index (Phi) is 40.8. The lowest BCUT2D eigenvalue weighted by Crippen LogP contribution is -2.59. The van der Waals surface area contributed by atoms with Crippen LogP contribution in [0.25, 0.3) is 0 Å². The first kappa shape index (κ1) is 57.6. The number of hydrogen-bond donors (Lipinski definition) is 4. The monoisotopic (exact) mass is 873 g/mol. The number of ether oxygens (including phenoxy) is 4. The van der Waals surface area contributed by atoms with E-state index in [0.29, 0.717) is 13.0 Å². The van der Waals surface area contributed by atoms with Gasteiger partial charge in [0.05, 0.1) is 19.8 Å². The topological polar surface area (TPSA) is 135 Å². The number of carbonyl (C=O) groups is 1. The lowest BCUT2D eigenvalue weighted by atomic mass is 9.99. The van der Waals surface area contributed by atoms with Crippen LogP contribution in [-0.2, 0) is 23.7 Å². The first-order valence-corrected chi connectivity index (χ1v) is 25.0. The third kappa shape index (κ3) is 34.1. The van der Waals surface area contributed by atoms with Gasteiger partial charge in [-0.3, -0.25) is 4.79 Å². The van der Waals surface area contributed by atoms with Crippen molar-refractivity contribution in [1.29, 1.82) is 0 Å². The molecule has 0 aromatic rings. The number of esters is 1. The van der Waals surface area contributed by atoms with Gasteiger partial charge >= 0.3 is 5.97 Å². The fraction of sp³-hybridized carbons (Fsp3) is 0.755. The molecule has 0 radical (unpaired) electrons. The van der Waals surface area contributed by atoms with E-state index in [9.17, 15) is 25.2 Å². The van der Waals surface area contributed by atoms with E-state index < -0.39 is 43.4 Å². The molecule has 1 fully saturated rings. The van der Waals surface area contributed by atoms with Gasteiger partial charge in [0, 0.05) is 13.0 Å². The van der Waals surface area contributed by atoms with Gasteiger partial charge in [-0.2, -0.15) is 0 Å². The molecule has 0 saturated carbocycles. The molecule has 0 spiro atoms. The smallest absolute Gasteiger partial charge is 0.306 e. The van der Waals surface area contributed by atoms with E-state index in [0.717, 1.165) is 83.5 Å². The van der Waals surface area contributed by atoms with Gasteiger partial charge in [-0.1, -0.05) is 183 Å². The van der Waals surface area contributed by atoms with Gasteiger partial charge in [0.2, 0.25) is 0 Å². The Hall–Kier alpha value is -2.37. The second-order valence-corrected chi connectivity index (χ2v) is 16.9. The summed E-state index contributed by atoms with van der Waals surface area (Å²) >= 11 is 0. The van der Waals surface area contributed by atoms with E-state index in [1.165, 1.54) is 89.9 Å². The first-order valence-electron chi connectivity index (χ1n) is 25.0. The zero-order chi connectivity index (χ0) is 45.0. The molecule has 0 aromatic carbocycles. The molecule has 4 N–H and O–H groups in total. The molecule has 62 heavy (non-hydrogen) atoms. The van der Waals surface area contributed by atoms with Crippen molar-refractivity contribution in [2.24, 2.45) is 0 Å². The number of hydrogen-bond acceptors (Lipinski definition) is 9. The van der Waals surface area contributed by atoms with E-state index in [1.807, 2.05) is 0 Å². The molecule has 0 aliphatic carbocycles. The summed E-state index contributed by atoms with van der Waals surface area (Å²) in [4.78, 5) is 12.8. The summed E-state index contributed by atoms with van der Waals surface area (Å²) in [5, 5.41) is 40.2. The summed E-state index contributed by atoms with van der Waals surface area (Å²) in [5.41, 5.74) is 0. The first-order chi connectivity index (χ1) is 30.4. The van der Waals surface area contributed by atoms with Crippen LogP contribution in [0.5, 0.6) is 0 Å². The zero-order valence-electron chi connectivity index (χ0n) is 39.3. The molecule has 1 aliphatic rings. The minimum Gasteiger partial charge on any atom is -0.457 e. The number of aliphatic hydroxyl groups excluding tert-OH is 4. The van der Waals surface area contributed by atoms with E-state index >= 15 is 0 Å². The van der Waals surface area contributed by atoms with E-state index in [1.54, 1.807) is 0 Å². The SMILES string of the molecule is CC/C=C\C/C=C\C/C=C\C/C=C\CCCCCCCCCCCCCCC(=O)OC(COCCCCCCCC/C=C\C/C=C\CCC)COC1OC(CO)C(O)C(O)C1O. The van der Waals surface area contributed by atoms with Crippen LogP contribution in [0.4, 0.5) is 0 Å². The molecule has 9 nitrogen and oxygen atoms in total. The summed E-state index contributed by atoms with van der Waals surface area (Å²) < 4.78 is 22.9. The van der Waals surface area contributed by atoms with E-state index in [4.69, 9.17) is 18.9 Å². The lowest BCUT2D eigenvalue weighted by molar-refractivity contribution is -0.305. The van der Waals surface area contributed by atoms with Crippen LogP contribution in [0.15, 0.2) is 72.9 Å². The highest BCUT2D eigenvalue weighted by atomic mass is 16.7. The van der Waals surface area contributed by atoms with Gasteiger partial charge in [0.25, 0.3) is 0 Å². The molecular formula is C53H92O9. The highest BCUT2D eigenvalue weighted by molar-refractivity contribution is 5.69. The minimum absolute atomic E-state index is 0.121. The van der Waals surface area contributed by atoms with Crippen LogP contribution in [0.2, 0.25) is 0 Å². The van der Waals surface area contributed by atoms with Gasteiger partial charge in [-0.25, -0.2) is 0 Å². The van der Waals surface area contributed by atoms with Crippen molar-refractivity contribution in [3.8, 4) is 0 Å². The molecule has 9 heteroatoms. The second kappa shape index (κ2) is 43.9. The predicted octanol–water partition coefficient (Wildman–Crippen LogP) is 12.0. The van der Waals surface area contributed by atoms with E-state index in [2.05, 4.69) is 86.8 Å². The van der Waals surface area contributed by atoms with Crippen LogP contribution < -0.4 is 0 Å². The van der Waals surface area contributed by atoms with Crippen LogP contribution >= 0.6 is 0 Å². The van der Waals surface area contributed by atoms with Crippen molar-refractivity contribution in [2.75, 3.05) is 26.4 Å². The van der Waals surface area contributed by atoms with Gasteiger partial charge in [0.1, 0.15) is 30.5 Å². The molecule has 0 aromatic heterocycles. The van der Waals surface area contributed by atoms with Crippen LogP contribution in [0, 0.1) is 0 Å². The summed E-state index contributed by atoms with van der Waals surface area (Å²) in [5.74, 6) is -0.322. The van der Waals surface area contributed by atoms with Crippen LogP contribution in [-0.4, -0.2) is 89.6 Å². The molecule has 1 aliphatic heterocycles. The van der Waals surface area contributed by atoms with Crippen molar-refractivity contribution in [1.82, 2.24) is 0 Å². The minimum atomic E-state index is -1.54. The maximum absolute atomic E-state index is 12.8. The highest BCUT2D eigenvalue weighted by Crippen LogP contribution is 2.23. The quantitative estimate of drug-likeness (QED) is 0.0269. The number of unbranched alkanes of at least 4 members (excludes halogenated alkanes) is 19. The Bertz CT molecular complexity index is 1180. The molecule has 358 valence electrons. The Morgan fingerprint density at radius 2 is 0.984 bits per heavy atom. The second-order valence-electron chi connectivity index (χ2n) is 16.9. The summed E-state index contributed by atoms with van der Waals surface area (Å²) in [7, 11) is 0. The average Bonchev–Trinajstić information content (AvgIpc) is 3.27. The third-order valence-electron chi connectivity index (χ3n) is 11.1. The Labute approximate surface area is 378 Å². The van der Waals surface area contributed by atoms with Gasteiger partial charge in [-0.15, -0.1) is 0 Å². The number of allylic oxidation sites excluding steroid dienone is 12. The number of rotatable bonds is 42. The maximum atomic E-state index is 12.8. The molecule has 1 heterocycles. The van der Waals surface area contributed by atoms with Gasteiger partial charge in [-0.05, 0) is 77.0 Å². The van der Waals surface area contributed by atoms with Crippen molar-refractivity contribution in [3.63, 3.8) is 0 Å². The standard InChI is InChI=1S/C53H92O9/c1-3-5-7-9-11-13-15-17-19-20-21-22-23-24-25-26-27-28-29-30-32-34-36-38-40-42-49(55)61-47(46-60-53-52(58)51(57)50(56)48(44-54)62-53)45-59-43-41-39-37-35-33-31-18-16-14-12-10-8-6-4-2/h5,7-8,10-11,13-14,16-17,19,21-22,47-48,50-54,56-58H,3-4,6,9,12,15,18,20,23-46H2,1-2H3/b7-5-,10-8-,13-11-,16-14-,19-17-,22-21-. The lowest BCUT2D eigenvalue weighted by Gasteiger charge is -2.39. The number of carbonyl (C=O) groups excluding carboxylic acids is 1. The Balaban J connectivity index is 2.19. The summed E-state index contributed by atoms with van der Waals surface area (Å²) in [6.45, 7) is 4.36. The predicted molar refractivity (Wildman–Crippen MR) is 256 cm³/mol. The van der Waals surface area contributed by atoms with Crippen molar-refractivity contribution in [3.05, 3.63) is 72.9 Å². The van der Waals surface area contributed by atoms with E-state index in [-0.39, 0.29) is 19.2 Å². The fourth-order valence-electron chi connectivity index (χ4n) is 7.23. The average molecular weight is 873 g/mol. The highest BCUT2D eigenvalue weighted by Gasteiger charge is 2.44. The molecule has 0 bridgehead atoms. The maximum Gasteiger partial charge on any atom is 0.306 e. The normalized spacial score (nSPS) is 20.4. The molecule has 6 atom stereocenters. The third-order valence-corrected chi connectivity index (χ3v) is 11.1. The van der Waals surface area contributed by atoms with Crippen molar-refractivity contribution in [2.45, 2.75) is 230 Å². The molecule has 0 amide bonds. The van der Waals surface area contributed by atoms with Crippen LogP contribution in [0.3, 0.4) is 0 Å². The summed E-state index contributed by atoms with van der Waals surface area (Å²) in [6, 6.07) is 0. The van der Waals surface area contributed by atoms with Crippen molar-refractivity contribution < 1.29 is 44.2 Å². The van der Waals surface area contributed by atoms with Gasteiger partial charge in [0.15, 0.2) is 6.29 Å². The Morgan fingerprint density at radius 1 is 0.532 bits per heavy atom. The van der Waals surface area contributed by atoms with Crippen molar-refractivity contribution >= 4 is 5.97 Å². The van der Waals surface area contributed by atoms with Gasteiger partial charge < -0.3 is 39.4 Å².